The average Bonchev–Trinajstić information content (AvgIpc) is 2.73. The summed E-state index contributed by atoms with van der Waals surface area (Å²) in [5.74, 6) is -1.10. The molecule has 0 saturated carbocycles. The molecule has 0 bridgehead atoms. The van der Waals surface area contributed by atoms with Crippen molar-refractivity contribution >= 4 is 5.97 Å². The van der Waals surface area contributed by atoms with Gasteiger partial charge in [0.05, 0.1) is 13.2 Å². The maximum absolute atomic E-state index is 10.8. The molecule has 3 unspecified atom stereocenters. The summed E-state index contributed by atoms with van der Waals surface area (Å²) in [4.78, 5) is 10.8. The van der Waals surface area contributed by atoms with Crippen molar-refractivity contribution in [2.24, 2.45) is 5.92 Å². The topological polar surface area (TPSA) is 78.8 Å². The summed E-state index contributed by atoms with van der Waals surface area (Å²) in [6, 6.07) is 9.06. The third-order valence-corrected chi connectivity index (χ3v) is 3.10. The first kappa shape index (κ1) is 13.0. The molecule has 1 aliphatic rings. The Morgan fingerprint density at radius 3 is 2.72 bits per heavy atom. The molecule has 1 aromatic rings. The number of carboxylic acid groups (broad SMARTS) is 1. The molecule has 0 spiro atoms. The molecular formula is C13H17NO4. The van der Waals surface area contributed by atoms with E-state index in [2.05, 4.69) is 5.32 Å². The third kappa shape index (κ3) is 3.29. The van der Waals surface area contributed by atoms with Gasteiger partial charge in [0.2, 0.25) is 0 Å². The molecule has 1 aromatic carbocycles. The van der Waals surface area contributed by atoms with E-state index in [1.165, 1.54) is 0 Å². The molecular weight excluding hydrogens is 234 g/mol. The van der Waals surface area contributed by atoms with Gasteiger partial charge in [-0.1, -0.05) is 30.3 Å². The van der Waals surface area contributed by atoms with Crippen LogP contribution in [0.2, 0.25) is 0 Å². The number of aliphatic hydroxyl groups excluding tert-OH is 1. The van der Waals surface area contributed by atoms with Gasteiger partial charge in [0.15, 0.2) is 0 Å². The Labute approximate surface area is 105 Å². The zero-order valence-corrected chi connectivity index (χ0v) is 9.95. The fraction of sp³-hybridized carbons (Fsp3) is 0.462. The van der Waals surface area contributed by atoms with E-state index in [0.717, 1.165) is 5.56 Å². The van der Waals surface area contributed by atoms with Crippen LogP contribution in [-0.2, 0) is 16.1 Å². The summed E-state index contributed by atoms with van der Waals surface area (Å²) < 4.78 is 5.51. The first-order valence-electron chi connectivity index (χ1n) is 5.95. The first-order valence-corrected chi connectivity index (χ1v) is 5.95. The van der Waals surface area contributed by atoms with Gasteiger partial charge in [0, 0.05) is 5.92 Å². The van der Waals surface area contributed by atoms with Crippen molar-refractivity contribution in [1.82, 2.24) is 5.32 Å². The lowest BCUT2D eigenvalue weighted by Gasteiger charge is -2.13. The number of aliphatic carboxylic acids is 1. The maximum atomic E-state index is 10.8. The molecule has 18 heavy (non-hydrogen) atoms. The Balaban J connectivity index is 1.76. The van der Waals surface area contributed by atoms with E-state index in [1.807, 2.05) is 30.3 Å². The number of carbonyl (C=O) groups is 1. The molecule has 5 heteroatoms. The Hall–Kier alpha value is -1.43. The molecule has 1 fully saturated rings. The molecule has 1 heterocycles. The number of benzene rings is 1. The maximum Gasteiger partial charge on any atom is 0.320 e. The second-order valence-electron chi connectivity index (χ2n) is 4.50. The van der Waals surface area contributed by atoms with Gasteiger partial charge >= 0.3 is 5.97 Å². The summed E-state index contributed by atoms with van der Waals surface area (Å²) in [5, 5.41) is 21.1. The van der Waals surface area contributed by atoms with E-state index in [9.17, 15) is 9.90 Å². The molecule has 1 aliphatic heterocycles. The predicted molar refractivity (Wildman–Crippen MR) is 64.8 cm³/mol. The van der Waals surface area contributed by atoms with Gasteiger partial charge in [-0.2, -0.15) is 0 Å². The highest BCUT2D eigenvalue weighted by molar-refractivity contribution is 5.73. The summed E-state index contributed by atoms with van der Waals surface area (Å²) in [5.41, 5.74) is 1.06. The average molecular weight is 251 g/mol. The van der Waals surface area contributed by atoms with Gasteiger partial charge in [-0.3, -0.25) is 10.1 Å². The van der Waals surface area contributed by atoms with Crippen LogP contribution in [0.25, 0.3) is 0 Å². The SMILES string of the molecule is O=C(O)C1CC(COCc2ccccc2)C(O)N1. The minimum absolute atomic E-state index is 0.171. The van der Waals surface area contributed by atoms with Crippen molar-refractivity contribution in [2.75, 3.05) is 6.61 Å². The van der Waals surface area contributed by atoms with Crippen molar-refractivity contribution in [3.8, 4) is 0 Å². The van der Waals surface area contributed by atoms with Gasteiger partial charge in [-0.15, -0.1) is 0 Å². The van der Waals surface area contributed by atoms with Gasteiger partial charge in [-0.05, 0) is 12.0 Å². The van der Waals surface area contributed by atoms with Crippen molar-refractivity contribution in [2.45, 2.75) is 25.3 Å². The number of hydrogen-bond acceptors (Lipinski definition) is 4. The largest absolute Gasteiger partial charge is 0.480 e. The van der Waals surface area contributed by atoms with E-state index in [4.69, 9.17) is 9.84 Å². The number of ether oxygens (including phenoxy) is 1. The lowest BCUT2D eigenvalue weighted by Crippen LogP contribution is -2.36. The van der Waals surface area contributed by atoms with Gasteiger partial charge in [0.1, 0.15) is 12.3 Å². The van der Waals surface area contributed by atoms with Crippen LogP contribution in [-0.4, -0.2) is 35.1 Å². The van der Waals surface area contributed by atoms with Crippen LogP contribution in [0.4, 0.5) is 0 Å². The monoisotopic (exact) mass is 251 g/mol. The fourth-order valence-electron chi connectivity index (χ4n) is 2.08. The molecule has 98 valence electrons. The van der Waals surface area contributed by atoms with Gasteiger partial charge in [0.25, 0.3) is 0 Å². The van der Waals surface area contributed by atoms with E-state index in [0.29, 0.717) is 19.6 Å². The van der Waals surface area contributed by atoms with Crippen LogP contribution in [0.15, 0.2) is 30.3 Å². The molecule has 3 N–H and O–H groups in total. The van der Waals surface area contributed by atoms with E-state index < -0.39 is 18.2 Å². The van der Waals surface area contributed by atoms with Crippen LogP contribution in [0, 0.1) is 5.92 Å². The summed E-state index contributed by atoms with van der Waals surface area (Å²) in [7, 11) is 0. The molecule has 0 radical (unpaired) electrons. The summed E-state index contributed by atoms with van der Waals surface area (Å²) in [6.07, 6.45) is -0.410. The smallest absolute Gasteiger partial charge is 0.320 e. The summed E-state index contributed by atoms with van der Waals surface area (Å²) >= 11 is 0. The Bertz CT molecular complexity index is 395. The predicted octanol–water partition coefficient (Wildman–Crippen LogP) is 0.584. The van der Waals surface area contributed by atoms with E-state index in [1.54, 1.807) is 0 Å². The quantitative estimate of drug-likeness (QED) is 0.713. The second-order valence-corrected chi connectivity index (χ2v) is 4.50. The van der Waals surface area contributed by atoms with Gasteiger partial charge in [-0.25, -0.2) is 0 Å². The molecule has 0 aliphatic carbocycles. The number of carboxylic acids is 1. The van der Waals surface area contributed by atoms with E-state index in [-0.39, 0.29) is 5.92 Å². The normalized spacial score (nSPS) is 27.3. The Morgan fingerprint density at radius 2 is 2.11 bits per heavy atom. The molecule has 0 amide bonds. The lowest BCUT2D eigenvalue weighted by atomic mass is 10.1. The van der Waals surface area contributed by atoms with Crippen molar-refractivity contribution in [3.63, 3.8) is 0 Å². The zero-order chi connectivity index (χ0) is 13.0. The van der Waals surface area contributed by atoms with Crippen LogP contribution >= 0.6 is 0 Å². The molecule has 5 nitrogen and oxygen atoms in total. The van der Waals surface area contributed by atoms with Crippen molar-refractivity contribution < 1.29 is 19.7 Å². The van der Waals surface area contributed by atoms with Crippen LogP contribution in [0.5, 0.6) is 0 Å². The Kier molecular flexibility index (Phi) is 4.30. The molecule has 3 atom stereocenters. The summed E-state index contributed by atoms with van der Waals surface area (Å²) in [6.45, 7) is 0.828. The number of nitrogens with one attached hydrogen (secondary N) is 1. The van der Waals surface area contributed by atoms with Crippen molar-refractivity contribution in [1.29, 1.82) is 0 Å². The molecule has 0 aromatic heterocycles. The highest BCUT2D eigenvalue weighted by atomic mass is 16.5. The van der Waals surface area contributed by atoms with Crippen LogP contribution in [0.3, 0.4) is 0 Å². The lowest BCUT2D eigenvalue weighted by molar-refractivity contribution is -0.139. The van der Waals surface area contributed by atoms with Crippen LogP contribution in [0.1, 0.15) is 12.0 Å². The molecule has 1 saturated heterocycles. The number of rotatable bonds is 5. The minimum Gasteiger partial charge on any atom is -0.480 e. The van der Waals surface area contributed by atoms with Gasteiger partial charge < -0.3 is 14.9 Å². The molecule has 2 rings (SSSR count). The standard InChI is InChI=1S/C13H17NO4/c15-12-10(6-11(14-12)13(16)17)8-18-7-9-4-2-1-3-5-9/h1-5,10-12,14-15H,6-8H2,(H,16,17). The fourth-order valence-corrected chi connectivity index (χ4v) is 2.08. The minimum atomic E-state index is -0.931. The number of aliphatic hydroxyl groups is 1. The van der Waals surface area contributed by atoms with Crippen LogP contribution < -0.4 is 5.32 Å². The zero-order valence-electron chi connectivity index (χ0n) is 9.95. The second kappa shape index (κ2) is 5.95. The highest BCUT2D eigenvalue weighted by Crippen LogP contribution is 2.20. The first-order chi connectivity index (χ1) is 8.66. The third-order valence-electron chi connectivity index (χ3n) is 3.10. The number of hydrogen-bond donors (Lipinski definition) is 3. The van der Waals surface area contributed by atoms with E-state index >= 15 is 0 Å². The van der Waals surface area contributed by atoms with Crippen molar-refractivity contribution in [3.05, 3.63) is 35.9 Å². The Morgan fingerprint density at radius 1 is 1.39 bits per heavy atom. The highest BCUT2D eigenvalue weighted by Gasteiger charge is 2.36.